The summed E-state index contributed by atoms with van der Waals surface area (Å²) in [7, 11) is 3.35. The molecule has 0 heterocycles. The first kappa shape index (κ1) is 15.7. The third kappa shape index (κ3) is 9.62. The van der Waals surface area contributed by atoms with Gasteiger partial charge in [-0.2, -0.15) is 0 Å². The Morgan fingerprint density at radius 3 is 2.53 bits per heavy atom. The molecule has 6 nitrogen and oxygen atoms in total. The second kappa shape index (κ2) is 9.89. The number of unbranched alkanes of at least 4 members (excludes halogenated alkanes) is 1. The number of amides is 2. The third-order valence-corrected chi connectivity index (χ3v) is 2.01. The van der Waals surface area contributed by atoms with Gasteiger partial charge in [0.05, 0.1) is 13.2 Å². The van der Waals surface area contributed by atoms with Crippen LogP contribution >= 0.6 is 0 Å². The van der Waals surface area contributed by atoms with Crippen molar-refractivity contribution < 1.29 is 14.3 Å². The monoisotopic (exact) mass is 245 g/mol. The Morgan fingerprint density at radius 1 is 1.24 bits per heavy atom. The van der Waals surface area contributed by atoms with Gasteiger partial charge >= 0.3 is 12.0 Å². The van der Waals surface area contributed by atoms with Crippen LogP contribution < -0.4 is 10.6 Å². The van der Waals surface area contributed by atoms with Crippen molar-refractivity contribution in [1.82, 2.24) is 15.5 Å². The highest BCUT2D eigenvalue weighted by Gasteiger charge is 2.03. The first-order valence-corrected chi connectivity index (χ1v) is 5.89. The molecule has 2 N–H and O–H groups in total. The highest BCUT2D eigenvalue weighted by Crippen LogP contribution is 1.87. The lowest BCUT2D eigenvalue weighted by atomic mass is 10.4. The molecule has 17 heavy (non-hydrogen) atoms. The minimum absolute atomic E-state index is 0.141. The van der Waals surface area contributed by atoms with Crippen LogP contribution in [-0.4, -0.2) is 57.2 Å². The molecule has 0 aliphatic heterocycles. The number of carbonyl (C=O) groups is 2. The fraction of sp³-hybridized carbons (Fsp3) is 0.818. The van der Waals surface area contributed by atoms with Crippen molar-refractivity contribution in [2.24, 2.45) is 0 Å². The van der Waals surface area contributed by atoms with Crippen molar-refractivity contribution in [3.8, 4) is 0 Å². The van der Waals surface area contributed by atoms with E-state index in [0.717, 1.165) is 12.8 Å². The number of hydrogen-bond acceptors (Lipinski definition) is 4. The Balaban J connectivity index is 3.33. The molecular weight excluding hydrogens is 222 g/mol. The minimum atomic E-state index is -0.252. The summed E-state index contributed by atoms with van der Waals surface area (Å²) in [6.07, 6.45) is 1.90. The highest BCUT2D eigenvalue weighted by atomic mass is 16.5. The summed E-state index contributed by atoms with van der Waals surface area (Å²) in [5, 5.41) is 5.58. The number of rotatable bonds is 8. The largest absolute Gasteiger partial charge is 0.465 e. The van der Waals surface area contributed by atoms with Crippen LogP contribution in [0.4, 0.5) is 4.79 Å². The van der Waals surface area contributed by atoms with E-state index in [9.17, 15) is 9.59 Å². The topological polar surface area (TPSA) is 70.7 Å². The van der Waals surface area contributed by atoms with Gasteiger partial charge in [0.25, 0.3) is 0 Å². The lowest BCUT2D eigenvalue weighted by Gasteiger charge is -2.12. The average Bonchev–Trinajstić information content (AvgIpc) is 2.28. The molecule has 0 aliphatic rings. The van der Waals surface area contributed by atoms with Crippen LogP contribution in [0, 0.1) is 0 Å². The predicted octanol–water partition coefficient (Wildman–Crippen LogP) is 0.191. The highest BCUT2D eigenvalue weighted by molar-refractivity contribution is 5.73. The molecule has 0 aromatic carbocycles. The number of esters is 1. The summed E-state index contributed by atoms with van der Waals surface area (Å²) < 4.78 is 4.95. The van der Waals surface area contributed by atoms with Gasteiger partial charge in [0.1, 0.15) is 0 Å². The number of nitrogens with zero attached hydrogens (tertiary/aromatic N) is 1. The van der Waals surface area contributed by atoms with Crippen molar-refractivity contribution in [2.75, 3.05) is 40.3 Å². The molecule has 0 radical (unpaired) electrons. The van der Waals surface area contributed by atoms with Crippen LogP contribution in [-0.2, 0) is 9.53 Å². The zero-order valence-corrected chi connectivity index (χ0v) is 10.9. The summed E-state index contributed by atoms with van der Waals surface area (Å²) in [6, 6.07) is -0.141. The fourth-order valence-corrected chi connectivity index (χ4v) is 0.988. The van der Waals surface area contributed by atoms with Gasteiger partial charge in [-0.1, -0.05) is 13.3 Å². The molecule has 2 amide bonds. The van der Waals surface area contributed by atoms with Gasteiger partial charge in [0.2, 0.25) is 0 Å². The van der Waals surface area contributed by atoms with E-state index in [4.69, 9.17) is 4.74 Å². The summed E-state index contributed by atoms with van der Waals surface area (Å²) in [4.78, 5) is 23.7. The quantitative estimate of drug-likeness (QED) is 0.473. The van der Waals surface area contributed by atoms with Crippen LogP contribution in [0.3, 0.4) is 0 Å². The van der Waals surface area contributed by atoms with Crippen molar-refractivity contribution in [3.05, 3.63) is 0 Å². The van der Waals surface area contributed by atoms with Crippen molar-refractivity contribution >= 4 is 12.0 Å². The Bertz CT molecular complexity index is 232. The van der Waals surface area contributed by atoms with E-state index in [1.165, 1.54) is 4.90 Å². The van der Waals surface area contributed by atoms with Crippen LogP contribution in [0.5, 0.6) is 0 Å². The maximum absolute atomic E-state index is 11.1. The molecule has 0 fully saturated rings. The number of ether oxygens (including phenoxy) is 1. The molecule has 0 saturated carbocycles. The average molecular weight is 245 g/mol. The normalized spacial score (nSPS) is 9.82. The van der Waals surface area contributed by atoms with E-state index in [1.54, 1.807) is 14.1 Å². The van der Waals surface area contributed by atoms with Crippen LogP contribution in [0.15, 0.2) is 0 Å². The number of hydrogen-bond donors (Lipinski definition) is 2. The van der Waals surface area contributed by atoms with Gasteiger partial charge in [-0.05, 0) is 6.42 Å². The van der Waals surface area contributed by atoms with Crippen LogP contribution in [0.25, 0.3) is 0 Å². The van der Waals surface area contributed by atoms with E-state index in [2.05, 4.69) is 10.6 Å². The standard InChI is InChI=1S/C11H23N3O3/c1-4-5-8-17-10(15)9-12-6-7-13-11(16)14(2)3/h12H,4-9H2,1-3H3,(H,13,16). The SMILES string of the molecule is CCCCOC(=O)CNCCNC(=O)N(C)C. The van der Waals surface area contributed by atoms with E-state index in [-0.39, 0.29) is 18.5 Å². The summed E-state index contributed by atoms with van der Waals surface area (Å²) in [5.74, 6) is -0.252. The Kier molecular flexibility index (Phi) is 9.14. The maximum atomic E-state index is 11.1. The van der Waals surface area contributed by atoms with E-state index >= 15 is 0 Å². The van der Waals surface area contributed by atoms with Crippen LogP contribution in [0.2, 0.25) is 0 Å². The Labute approximate surface area is 103 Å². The summed E-state index contributed by atoms with van der Waals surface area (Å²) in [6.45, 7) is 3.73. The Morgan fingerprint density at radius 2 is 1.94 bits per heavy atom. The number of nitrogens with one attached hydrogen (secondary N) is 2. The molecule has 100 valence electrons. The smallest absolute Gasteiger partial charge is 0.319 e. The predicted molar refractivity (Wildman–Crippen MR) is 65.8 cm³/mol. The molecule has 0 rings (SSSR count). The second-order valence-corrected chi connectivity index (χ2v) is 3.88. The van der Waals surface area contributed by atoms with Crippen molar-refractivity contribution in [3.63, 3.8) is 0 Å². The molecule has 0 aromatic rings. The lowest BCUT2D eigenvalue weighted by Crippen LogP contribution is -2.39. The zero-order valence-electron chi connectivity index (χ0n) is 10.9. The third-order valence-electron chi connectivity index (χ3n) is 2.01. The van der Waals surface area contributed by atoms with Gasteiger partial charge in [-0.25, -0.2) is 4.79 Å². The molecule has 6 heteroatoms. The number of urea groups is 1. The first-order valence-electron chi connectivity index (χ1n) is 5.89. The summed E-state index contributed by atoms with van der Waals surface area (Å²) in [5.41, 5.74) is 0. The van der Waals surface area contributed by atoms with Crippen molar-refractivity contribution in [2.45, 2.75) is 19.8 Å². The molecule has 0 atom stereocenters. The van der Waals surface area contributed by atoms with Crippen molar-refractivity contribution in [1.29, 1.82) is 0 Å². The molecule has 0 unspecified atom stereocenters. The Hall–Kier alpha value is -1.30. The zero-order chi connectivity index (χ0) is 13.1. The van der Waals surface area contributed by atoms with Gasteiger partial charge < -0.3 is 20.3 Å². The minimum Gasteiger partial charge on any atom is -0.465 e. The molecule has 0 aromatic heterocycles. The molecule has 0 spiro atoms. The first-order chi connectivity index (χ1) is 8.07. The van der Waals surface area contributed by atoms with E-state index in [1.807, 2.05) is 6.92 Å². The fourth-order valence-electron chi connectivity index (χ4n) is 0.988. The lowest BCUT2D eigenvalue weighted by molar-refractivity contribution is -0.142. The van der Waals surface area contributed by atoms with E-state index in [0.29, 0.717) is 19.7 Å². The molecule has 0 saturated heterocycles. The van der Waals surface area contributed by atoms with Gasteiger partial charge in [0, 0.05) is 27.2 Å². The number of carbonyl (C=O) groups excluding carboxylic acids is 2. The van der Waals surface area contributed by atoms with Crippen LogP contribution in [0.1, 0.15) is 19.8 Å². The summed E-state index contributed by atoms with van der Waals surface area (Å²) >= 11 is 0. The maximum Gasteiger partial charge on any atom is 0.319 e. The van der Waals surface area contributed by atoms with Gasteiger partial charge in [0.15, 0.2) is 0 Å². The molecular formula is C11H23N3O3. The molecule has 0 aliphatic carbocycles. The van der Waals surface area contributed by atoms with Gasteiger partial charge in [-0.3, -0.25) is 4.79 Å². The molecule has 0 bridgehead atoms. The van der Waals surface area contributed by atoms with E-state index < -0.39 is 0 Å². The second-order valence-electron chi connectivity index (χ2n) is 3.88. The van der Waals surface area contributed by atoms with Gasteiger partial charge in [-0.15, -0.1) is 0 Å².